The van der Waals surface area contributed by atoms with Crippen LogP contribution in [-0.4, -0.2) is 40.0 Å². The Morgan fingerprint density at radius 1 is 0.767 bits per heavy atom. The fourth-order valence-corrected chi connectivity index (χ4v) is 4.13. The summed E-state index contributed by atoms with van der Waals surface area (Å²) in [6, 6.07) is -0.800. The molecule has 2 unspecified atom stereocenters. The number of carbonyl (C=O) groups is 1. The average molecular weight is 444 g/mol. The molecule has 0 aliphatic rings. The number of unbranched alkanes of at least 4 members (excludes halogenated alkanes) is 16. The molecule has 178 valence electrons. The molecule has 0 heterocycles. The van der Waals surface area contributed by atoms with Crippen LogP contribution in [0.4, 0.5) is 0 Å². The molecule has 0 saturated carbocycles. The SMILES string of the molecule is CCCCCCCC/C=C\CCCCCCCCCCCCN(P)C(CO)C(=O)O. The molecule has 0 fully saturated rings. The Labute approximate surface area is 189 Å². The van der Waals surface area contributed by atoms with Crippen molar-refractivity contribution in [3.8, 4) is 0 Å². The number of hydrogen-bond donors (Lipinski definition) is 2. The van der Waals surface area contributed by atoms with Gasteiger partial charge in [0.25, 0.3) is 0 Å². The fourth-order valence-electron chi connectivity index (χ4n) is 3.73. The highest BCUT2D eigenvalue weighted by Gasteiger charge is 2.20. The van der Waals surface area contributed by atoms with Crippen LogP contribution in [0.15, 0.2) is 12.2 Å². The third-order valence-electron chi connectivity index (χ3n) is 5.79. The van der Waals surface area contributed by atoms with E-state index in [-0.39, 0.29) is 6.61 Å². The number of carboxylic acids is 1. The molecule has 0 bridgehead atoms. The molecule has 0 aromatic carbocycles. The summed E-state index contributed by atoms with van der Waals surface area (Å²) in [6.07, 6.45) is 28.3. The second-order valence-electron chi connectivity index (χ2n) is 8.63. The van der Waals surface area contributed by atoms with E-state index in [2.05, 4.69) is 28.5 Å². The van der Waals surface area contributed by atoms with E-state index in [0.29, 0.717) is 6.54 Å². The van der Waals surface area contributed by atoms with Gasteiger partial charge in [0, 0.05) is 6.54 Å². The Bertz CT molecular complexity index is 404. The highest BCUT2D eigenvalue weighted by Crippen LogP contribution is 2.14. The van der Waals surface area contributed by atoms with E-state index in [1.54, 1.807) is 4.67 Å². The number of rotatable bonds is 23. The smallest absolute Gasteiger partial charge is 0.323 e. The van der Waals surface area contributed by atoms with Gasteiger partial charge in [0.1, 0.15) is 6.04 Å². The van der Waals surface area contributed by atoms with Crippen molar-refractivity contribution >= 4 is 15.4 Å². The normalized spacial score (nSPS) is 12.8. The number of hydrogen-bond acceptors (Lipinski definition) is 3. The van der Waals surface area contributed by atoms with Crippen LogP contribution < -0.4 is 0 Å². The predicted molar refractivity (Wildman–Crippen MR) is 133 cm³/mol. The maximum absolute atomic E-state index is 11.0. The minimum Gasteiger partial charge on any atom is -0.480 e. The van der Waals surface area contributed by atoms with Gasteiger partial charge in [-0.05, 0) is 32.1 Å². The average Bonchev–Trinajstić information content (AvgIpc) is 2.72. The molecule has 2 N–H and O–H groups in total. The second-order valence-corrected chi connectivity index (χ2v) is 9.29. The van der Waals surface area contributed by atoms with Crippen molar-refractivity contribution in [1.82, 2.24) is 4.67 Å². The van der Waals surface area contributed by atoms with E-state index in [1.165, 1.54) is 103 Å². The summed E-state index contributed by atoms with van der Waals surface area (Å²) in [5.41, 5.74) is 0. The van der Waals surface area contributed by atoms with Crippen molar-refractivity contribution < 1.29 is 15.0 Å². The lowest BCUT2D eigenvalue weighted by Crippen LogP contribution is -2.38. The van der Waals surface area contributed by atoms with Gasteiger partial charge in [-0.25, -0.2) is 0 Å². The molecule has 5 heteroatoms. The standard InChI is InChI=1S/C25H50NO3P/c1-2-3-4-5-6-7-8-9-10-11-12-13-14-15-16-17-18-19-20-21-22-26(30)24(23-27)25(28)29/h9-10,24,27H,2-8,11-23,30H2,1H3,(H,28,29)/b10-9-. The fraction of sp³-hybridized carbons (Fsp3) is 0.880. The zero-order valence-corrected chi connectivity index (χ0v) is 20.9. The van der Waals surface area contributed by atoms with E-state index in [0.717, 1.165) is 12.8 Å². The first kappa shape index (κ1) is 29.6. The maximum atomic E-state index is 11.0. The summed E-state index contributed by atoms with van der Waals surface area (Å²) in [4.78, 5) is 11.0. The quantitative estimate of drug-likeness (QED) is 0.100. The van der Waals surface area contributed by atoms with Crippen LogP contribution >= 0.6 is 9.39 Å². The van der Waals surface area contributed by atoms with Gasteiger partial charge in [0.05, 0.1) is 6.61 Å². The van der Waals surface area contributed by atoms with Crippen LogP contribution in [0.2, 0.25) is 0 Å². The molecule has 0 aromatic rings. The first-order valence-electron chi connectivity index (χ1n) is 12.6. The van der Waals surface area contributed by atoms with Gasteiger partial charge < -0.3 is 10.2 Å². The first-order chi connectivity index (χ1) is 14.6. The Hall–Kier alpha value is -0.440. The van der Waals surface area contributed by atoms with Gasteiger partial charge in [-0.2, -0.15) is 0 Å². The summed E-state index contributed by atoms with van der Waals surface area (Å²) >= 11 is 0. The lowest BCUT2D eigenvalue weighted by Gasteiger charge is -2.22. The maximum Gasteiger partial charge on any atom is 0.323 e. The number of carboxylic acid groups (broad SMARTS) is 1. The van der Waals surface area contributed by atoms with Gasteiger partial charge in [-0.1, -0.05) is 112 Å². The molecule has 0 aromatic heterocycles. The number of aliphatic hydroxyl groups is 1. The molecule has 0 spiro atoms. The third-order valence-corrected chi connectivity index (χ3v) is 6.40. The minimum absolute atomic E-state index is 0.339. The molecular weight excluding hydrogens is 393 g/mol. The summed E-state index contributed by atoms with van der Waals surface area (Å²) in [6.45, 7) is 2.64. The molecule has 30 heavy (non-hydrogen) atoms. The van der Waals surface area contributed by atoms with Crippen molar-refractivity contribution in [1.29, 1.82) is 0 Å². The van der Waals surface area contributed by atoms with Crippen molar-refractivity contribution in [3.05, 3.63) is 12.2 Å². The Morgan fingerprint density at radius 3 is 1.57 bits per heavy atom. The zero-order chi connectivity index (χ0) is 22.3. The molecule has 4 nitrogen and oxygen atoms in total. The van der Waals surface area contributed by atoms with E-state index >= 15 is 0 Å². The van der Waals surface area contributed by atoms with Crippen LogP contribution in [0.25, 0.3) is 0 Å². The van der Waals surface area contributed by atoms with Gasteiger partial charge in [0.2, 0.25) is 0 Å². The Morgan fingerprint density at radius 2 is 1.17 bits per heavy atom. The molecule has 0 saturated heterocycles. The van der Waals surface area contributed by atoms with E-state index < -0.39 is 12.0 Å². The highest BCUT2D eigenvalue weighted by molar-refractivity contribution is 7.13. The molecule has 0 aliphatic heterocycles. The molecule has 0 aliphatic carbocycles. The third kappa shape index (κ3) is 19.5. The summed E-state index contributed by atoms with van der Waals surface area (Å²) in [5, 5.41) is 18.1. The monoisotopic (exact) mass is 443 g/mol. The van der Waals surface area contributed by atoms with Crippen LogP contribution in [0.5, 0.6) is 0 Å². The first-order valence-corrected chi connectivity index (χ1v) is 13.1. The van der Waals surface area contributed by atoms with Crippen LogP contribution in [0, 0.1) is 0 Å². The predicted octanol–water partition coefficient (Wildman–Crippen LogP) is 7.12. The lowest BCUT2D eigenvalue weighted by molar-refractivity contribution is -0.142. The van der Waals surface area contributed by atoms with Crippen LogP contribution in [0.3, 0.4) is 0 Å². The van der Waals surface area contributed by atoms with E-state index in [1.807, 2.05) is 0 Å². The number of nitrogens with zero attached hydrogens (tertiary/aromatic N) is 1. The molecular formula is C25H50NO3P. The Balaban J connectivity index is 3.26. The number of aliphatic hydroxyl groups excluding tert-OH is 1. The van der Waals surface area contributed by atoms with E-state index in [9.17, 15) is 4.79 Å². The van der Waals surface area contributed by atoms with Gasteiger partial charge >= 0.3 is 5.97 Å². The zero-order valence-electron chi connectivity index (χ0n) is 19.7. The summed E-state index contributed by atoms with van der Waals surface area (Å²) in [5.74, 6) is -0.961. The topological polar surface area (TPSA) is 60.8 Å². The van der Waals surface area contributed by atoms with Crippen LogP contribution in [-0.2, 0) is 4.79 Å². The minimum atomic E-state index is -0.961. The van der Waals surface area contributed by atoms with Crippen molar-refractivity contribution in [2.75, 3.05) is 13.2 Å². The molecule has 0 amide bonds. The highest BCUT2D eigenvalue weighted by atomic mass is 31.0. The molecule has 0 rings (SSSR count). The molecule has 2 atom stereocenters. The van der Waals surface area contributed by atoms with Gasteiger partial charge in [-0.15, -0.1) is 0 Å². The summed E-state index contributed by atoms with van der Waals surface area (Å²) < 4.78 is 1.66. The largest absolute Gasteiger partial charge is 0.480 e. The van der Waals surface area contributed by atoms with E-state index in [4.69, 9.17) is 10.2 Å². The number of allylic oxidation sites excluding steroid dienone is 2. The van der Waals surface area contributed by atoms with Crippen LogP contribution in [0.1, 0.15) is 122 Å². The van der Waals surface area contributed by atoms with Gasteiger partial charge in [-0.3, -0.25) is 9.46 Å². The van der Waals surface area contributed by atoms with Crippen molar-refractivity contribution in [2.24, 2.45) is 0 Å². The lowest BCUT2D eigenvalue weighted by atomic mass is 10.1. The second kappa shape index (κ2) is 23.2. The van der Waals surface area contributed by atoms with Crippen molar-refractivity contribution in [3.63, 3.8) is 0 Å². The number of aliphatic carboxylic acids is 1. The summed E-state index contributed by atoms with van der Waals surface area (Å²) in [7, 11) is 2.43. The Kier molecular flexibility index (Phi) is 22.9. The van der Waals surface area contributed by atoms with Crippen molar-refractivity contribution in [2.45, 2.75) is 129 Å². The van der Waals surface area contributed by atoms with Gasteiger partial charge in [0.15, 0.2) is 0 Å². The molecule has 0 radical (unpaired) electrons.